The van der Waals surface area contributed by atoms with Gasteiger partial charge in [0.25, 0.3) is 0 Å². The lowest BCUT2D eigenvalue weighted by molar-refractivity contribution is 0.670. The monoisotopic (exact) mass is 169 g/mol. The van der Waals surface area contributed by atoms with Gasteiger partial charge in [0.2, 0.25) is 0 Å². The summed E-state index contributed by atoms with van der Waals surface area (Å²) in [6, 6.07) is 2.57. The molecule has 1 unspecified atom stereocenters. The van der Waals surface area contributed by atoms with Crippen molar-refractivity contribution in [2.24, 2.45) is 5.73 Å². The Kier molecular flexibility index (Phi) is 3.09. The highest BCUT2D eigenvalue weighted by Crippen LogP contribution is 2.15. The topological polar surface area (TPSA) is 26.0 Å². The fraction of sp³-hybridized carbons (Fsp3) is 0.556. The second-order valence-corrected chi connectivity index (χ2v) is 4.10. The second kappa shape index (κ2) is 3.88. The highest BCUT2D eigenvalue weighted by atomic mass is 32.1. The summed E-state index contributed by atoms with van der Waals surface area (Å²) in [6.45, 7) is 4.19. The predicted molar refractivity (Wildman–Crippen MR) is 51.0 cm³/mol. The van der Waals surface area contributed by atoms with Crippen LogP contribution in [0, 0.1) is 6.92 Å². The second-order valence-electron chi connectivity index (χ2n) is 3.11. The first-order chi connectivity index (χ1) is 5.18. The fourth-order valence-electron chi connectivity index (χ4n) is 0.992. The summed E-state index contributed by atoms with van der Waals surface area (Å²) in [6.07, 6.45) is 2.23. The minimum absolute atomic E-state index is 0.331. The highest BCUT2D eigenvalue weighted by molar-refractivity contribution is 7.10. The Morgan fingerprint density at radius 2 is 2.36 bits per heavy atom. The molecular formula is C9H15NS. The zero-order valence-corrected chi connectivity index (χ0v) is 7.95. The molecule has 0 aliphatic rings. The number of hydrogen-bond acceptors (Lipinski definition) is 2. The zero-order valence-electron chi connectivity index (χ0n) is 7.13. The minimum Gasteiger partial charge on any atom is -0.328 e. The minimum atomic E-state index is 0.331. The van der Waals surface area contributed by atoms with Crippen molar-refractivity contribution in [1.29, 1.82) is 0 Å². The third-order valence-electron chi connectivity index (χ3n) is 1.63. The Morgan fingerprint density at radius 3 is 2.82 bits per heavy atom. The van der Waals surface area contributed by atoms with Crippen molar-refractivity contribution in [2.45, 2.75) is 32.7 Å². The van der Waals surface area contributed by atoms with Crippen molar-refractivity contribution in [1.82, 2.24) is 0 Å². The Balaban J connectivity index is 2.39. The van der Waals surface area contributed by atoms with Crippen LogP contribution in [0.4, 0.5) is 0 Å². The van der Waals surface area contributed by atoms with Gasteiger partial charge in [0.05, 0.1) is 0 Å². The summed E-state index contributed by atoms with van der Waals surface area (Å²) in [5.41, 5.74) is 7.02. The number of nitrogens with two attached hydrogens (primary N) is 1. The van der Waals surface area contributed by atoms with Crippen molar-refractivity contribution >= 4 is 11.3 Å². The van der Waals surface area contributed by atoms with E-state index in [-0.39, 0.29) is 0 Å². The van der Waals surface area contributed by atoms with Gasteiger partial charge < -0.3 is 5.73 Å². The van der Waals surface area contributed by atoms with Gasteiger partial charge in [0.15, 0.2) is 0 Å². The molecule has 0 amide bonds. The van der Waals surface area contributed by atoms with Gasteiger partial charge >= 0.3 is 0 Å². The molecule has 2 N–H and O–H groups in total. The first-order valence-electron chi connectivity index (χ1n) is 3.98. The zero-order chi connectivity index (χ0) is 8.27. The summed E-state index contributed by atoms with van der Waals surface area (Å²) in [5.74, 6) is 0. The van der Waals surface area contributed by atoms with Gasteiger partial charge in [0.1, 0.15) is 0 Å². The van der Waals surface area contributed by atoms with Crippen molar-refractivity contribution in [3.05, 3.63) is 21.9 Å². The third-order valence-corrected chi connectivity index (χ3v) is 2.75. The molecule has 1 rings (SSSR count). The van der Waals surface area contributed by atoms with E-state index in [0.717, 1.165) is 12.8 Å². The Hall–Kier alpha value is -0.340. The van der Waals surface area contributed by atoms with Crippen LogP contribution in [0.2, 0.25) is 0 Å². The lowest BCUT2D eigenvalue weighted by atomic mass is 10.1. The van der Waals surface area contributed by atoms with E-state index < -0.39 is 0 Å². The van der Waals surface area contributed by atoms with Gasteiger partial charge in [-0.15, -0.1) is 11.3 Å². The molecule has 0 saturated carbocycles. The average molecular weight is 169 g/mol. The molecule has 1 atom stereocenters. The predicted octanol–water partition coefficient (Wildman–Crippen LogP) is 2.34. The van der Waals surface area contributed by atoms with Crippen molar-refractivity contribution in [2.75, 3.05) is 0 Å². The first kappa shape index (κ1) is 8.75. The Morgan fingerprint density at radius 1 is 1.64 bits per heavy atom. The van der Waals surface area contributed by atoms with Crippen LogP contribution in [-0.4, -0.2) is 6.04 Å². The Bertz CT molecular complexity index is 215. The van der Waals surface area contributed by atoms with Gasteiger partial charge in [0, 0.05) is 10.9 Å². The fourth-order valence-corrected chi connectivity index (χ4v) is 1.89. The molecule has 0 aromatic carbocycles. The molecule has 0 spiro atoms. The molecule has 0 fully saturated rings. The van der Waals surface area contributed by atoms with E-state index in [9.17, 15) is 0 Å². The molecule has 1 aromatic rings. The molecule has 1 heterocycles. The lowest BCUT2D eigenvalue weighted by Gasteiger charge is -2.01. The van der Waals surface area contributed by atoms with E-state index in [1.54, 1.807) is 0 Å². The molecule has 2 heteroatoms. The quantitative estimate of drug-likeness (QED) is 0.738. The smallest absolute Gasteiger partial charge is 0.00485 e. The standard InChI is InChI=1S/C9H15NS/c1-7-5-9(11-6-7)4-3-8(2)10/h5-6,8H,3-4,10H2,1-2H3. The van der Waals surface area contributed by atoms with Crippen LogP contribution in [0.3, 0.4) is 0 Å². The molecule has 1 nitrogen and oxygen atoms in total. The van der Waals surface area contributed by atoms with E-state index in [0.29, 0.717) is 6.04 Å². The number of aryl methyl sites for hydroxylation is 2. The molecule has 0 bridgehead atoms. The maximum Gasteiger partial charge on any atom is 0.00485 e. The first-order valence-corrected chi connectivity index (χ1v) is 4.86. The number of thiophene rings is 1. The van der Waals surface area contributed by atoms with Crippen LogP contribution < -0.4 is 5.73 Å². The molecule has 0 saturated heterocycles. The summed E-state index contributed by atoms with van der Waals surface area (Å²) in [5, 5.41) is 2.19. The van der Waals surface area contributed by atoms with Gasteiger partial charge in [-0.1, -0.05) is 0 Å². The van der Waals surface area contributed by atoms with E-state index in [4.69, 9.17) is 5.73 Å². The summed E-state index contributed by atoms with van der Waals surface area (Å²) < 4.78 is 0. The van der Waals surface area contributed by atoms with Crippen molar-refractivity contribution in [3.8, 4) is 0 Å². The van der Waals surface area contributed by atoms with E-state index in [1.807, 2.05) is 11.3 Å². The van der Waals surface area contributed by atoms with Gasteiger partial charge in [-0.2, -0.15) is 0 Å². The van der Waals surface area contributed by atoms with Crippen LogP contribution in [0.15, 0.2) is 11.4 Å². The maximum atomic E-state index is 5.65. The van der Waals surface area contributed by atoms with E-state index in [1.165, 1.54) is 10.4 Å². The number of hydrogen-bond donors (Lipinski definition) is 1. The van der Waals surface area contributed by atoms with E-state index >= 15 is 0 Å². The van der Waals surface area contributed by atoms with Crippen LogP contribution in [0.5, 0.6) is 0 Å². The number of rotatable bonds is 3. The largest absolute Gasteiger partial charge is 0.328 e. The third kappa shape index (κ3) is 3.04. The average Bonchev–Trinajstić information content (AvgIpc) is 2.31. The summed E-state index contributed by atoms with van der Waals surface area (Å²) in [7, 11) is 0. The molecule has 0 aliphatic carbocycles. The summed E-state index contributed by atoms with van der Waals surface area (Å²) >= 11 is 1.84. The van der Waals surface area contributed by atoms with Gasteiger partial charge in [-0.25, -0.2) is 0 Å². The molecule has 62 valence electrons. The molecule has 0 radical (unpaired) electrons. The molecule has 1 aromatic heterocycles. The maximum absolute atomic E-state index is 5.65. The van der Waals surface area contributed by atoms with E-state index in [2.05, 4.69) is 25.3 Å². The molecule has 0 aliphatic heterocycles. The molecule has 11 heavy (non-hydrogen) atoms. The van der Waals surface area contributed by atoms with Gasteiger partial charge in [-0.3, -0.25) is 0 Å². The normalized spacial score (nSPS) is 13.4. The highest BCUT2D eigenvalue weighted by Gasteiger charge is 1.98. The summed E-state index contributed by atoms with van der Waals surface area (Å²) in [4.78, 5) is 1.46. The lowest BCUT2D eigenvalue weighted by Crippen LogP contribution is -2.14. The van der Waals surface area contributed by atoms with Crippen LogP contribution in [0.1, 0.15) is 23.8 Å². The van der Waals surface area contributed by atoms with Gasteiger partial charge in [-0.05, 0) is 43.7 Å². The van der Waals surface area contributed by atoms with Crippen molar-refractivity contribution < 1.29 is 0 Å². The molecular weight excluding hydrogens is 154 g/mol. The Labute approximate surface area is 72.2 Å². The van der Waals surface area contributed by atoms with Crippen LogP contribution in [0.25, 0.3) is 0 Å². The van der Waals surface area contributed by atoms with Crippen LogP contribution >= 0.6 is 11.3 Å². The SMILES string of the molecule is Cc1csc(CCC(C)N)c1. The van der Waals surface area contributed by atoms with Crippen molar-refractivity contribution in [3.63, 3.8) is 0 Å². The van der Waals surface area contributed by atoms with Crippen LogP contribution in [-0.2, 0) is 6.42 Å².